The van der Waals surface area contributed by atoms with Gasteiger partial charge in [-0.05, 0) is 38.2 Å². The Kier molecular flexibility index (Phi) is 12.4. The fourth-order valence-corrected chi connectivity index (χ4v) is 4.77. The lowest BCUT2D eigenvalue weighted by molar-refractivity contribution is -0.120. The third-order valence-corrected chi connectivity index (χ3v) is 6.96. The Balaban J connectivity index is 2.59. The molecule has 2 rings (SSSR count). The van der Waals surface area contributed by atoms with Gasteiger partial charge in [0.15, 0.2) is 6.10 Å². The standard InChI is InChI=1S/C30H41N3O8/c1-7-11-32-25-20-12-16(2)13-24(40-6)26(36)18(4)14-19(5)28(41-30(31)39)22(34)10-8-9-17(3)29(38)33-21(27(20)37)15-23(25)35/h7-10,14-16,18,22,24,26,28,32,34,36H,1,11-13H2,2-6H3,(H2,31,39)(H,33,38)/t16-,18+,22+,24+,26-,28+/m1/s1. The topological polar surface area (TPSA) is 177 Å². The quantitative estimate of drug-likeness (QED) is 0.243. The van der Waals surface area contributed by atoms with Gasteiger partial charge in [-0.3, -0.25) is 14.4 Å². The number of ether oxygens (including phenoxy) is 2. The normalized spacial score (nSPS) is 28.8. The summed E-state index contributed by atoms with van der Waals surface area (Å²) in [5, 5.41) is 27.3. The van der Waals surface area contributed by atoms with Crippen LogP contribution in [0.1, 0.15) is 40.5 Å². The highest BCUT2D eigenvalue weighted by molar-refractivity contribution is 6.23. The van der Waals surface area contributed by atoms with Gasteiger partial charge in [0.25, 0.3) is 5.91 Å². The van der Waals surface area contributed by atoms with Crippen molar-refractivity contribution in [1.29, 1.82) is 0 Å². The van der Waals surface area contributed by atoms with Crippen molar-refractivity contribution in [3.63, 3.8) is 0 Å². The Hall–Kier alpha value is -3.80. The number of hydrogen-bond acceptors (Lipinski definition) is 9. The summed E-state index contributed by atoms with van der Waals surface area (Å²) in [4.78, 5) is 50.9. The number of Topliss-reactive ketones (excluding diaryl/α,β-unsaturated/α-hetero) is 1. The molecule has 0 aromatic heterocycles. The van der Waals surface area contributed by atoms with Crippen molar-refractivity contribution in [2.45, 2.75) is 65.0 Å². The number of fused-ring (bicyclic) bond motifs is 2. The summed E-state index contributed by atoms with van der Waals surface area (Å²) in [6, 6.07) is 0. The first-order chi connectivity index (χ1) is 19.3. The Morgan fingerprint density at radius 2 is 1.93 bits per heavy atom. The zero-order valence-corrected chi connectivity index (χ0v) is 24.2. The smallest absolute Gasteiger partial charge is 0.405 e. The number of ketones is 2. The zero-order chi connectivity index (χ0) is 30.9. The van der Waals surface area contributed by atoms with Crippen LogP contribution in [0.3, 0.4) is 0 Å². The average Bonchev–Trinajstić information content (AvgIpc) is 2.91. The maximum atomic E-state index is 13.5. The molecule has 0 fully saturated rings. The van der Waals surface area contributed by atoms with Crippen LogP contribution in [0.5, 0.6) is 0 Å². The summed E-state index contributed by atoms with van der Waals surface area (Å²) in [6.07, 6.45) is 3.67. The predicted molar refractivity (Wildman–Crippen MR) is 153 cm³/mol. The molecule has 0 radical (unpaired) electrons. The van der Waals surface area contributed by atoms with E-state index in [1.165, 1.54) is 32.3 Å². The molecule has 224 valence electrons. The second-order valence-corrected chi connectivity index (χ2v) is 10.4. The number of amides is 2. The SMILES string of the molecule is C=CCNC1=C2C[C@@H](C)C[C@H](OC)[C@H](O)[C@@H](C)C=C(C)[C@H](OC(N)=O)[C@@H](O)C=CC=C(C)C(=O)NC(=CC1=O)C2=O. The van der Waals surface area contributed by atoms with Gasteiger partial charge in [0.2, 0.25) is 11.6 Å². The van der Waals surface area contributed by atoms with E-state index in [1.807, 2.05) is 6.92 Å². The van der Waals surface area contributed by atoms with Crippen LogP contribution < -0.4 is 16.4 Å². The van der Waals surface area contributed by atoms with Crippen LogP contribution >= 0.6 is 0 Å². The van der Waals surface area contributed by atoms with Crippen LogP contribution in [0.25, 0.3) is 0 Å². The minimum Gasteiger partial charge on any atom is -0.439 e. The zero-order valence-electron chi connectivity index (χ0n) is 24.2. The van der Waals surface area contributed by atoms with Crippen molar-refractivity contribution in [2.24, 2.45) is 17.6 Å². The van der Waals surface area contributed by atoms with Gasteiger partial charge in [-0.2, -0.15) is 0 Å². The molecular formula is C30H41N3O8. The number of nitrogens with one attached hydrogen (secondary N) is 2. The van der Waals surface area contributed by atoms with Crippen LogP contribution in [0.2, 0.25) is 0 Å². The molecule has 0 aromatic rings. The van der Waals surface area contributed by atoms with Gasteiger partial charge in [0.05, 0.1) is 23.6 Å². The number of aliphatic hydroxyl groups is 2. The van der Waals surface area contributed by atoms with Crippen LogP contribution in [-0.2, 0) is 23.9 Å². The van der Waals surface area contributed by atoms with Crippen molar-refractivity contribution in [1.82, 2.24) is 10.6 Å². The van der Waals surface area contributed by atoms with Gasteiger partial charge in [-0.15, -0.1) is 6.58 Å². The van der Waals surface area contributed by atoms with Gasteiger partial charge >= 0.3 is 6.09 Å². The Labute approximate surface area is 240 Å². The first-order valence-corrected chi connectivity index (χ1v) is 13.4. The summed E-state index contributed by atoms with van der Waals surface area (Å²) in [6.45, 7) is 10.7. The van der Waals surface area contributed by atoms with Crippen LogP contribution in [0.15, 0.2) is 71.1 Å². The predicted octanol–water partition coefficient (Wildman–Crippen LogP) is 1.88. The van der Waals surface area contributed by atoms with Crippen molar-refractivity contribution in [3.05, 3.63) is 71.1 Å². The van der Waals surface area contributed by atoms with E-state index < -0.39 is 53.9 Å². The van der Waals surface area contributed by atoms with Gasteiger partial charge in [-0.1, -0.05) is 44.2 Å². The summed E-state index contributed by atoms with van der Waals surface area (Å²) in [5.41, 5.74) is 6.04. The van der Waals surface area contributed by atoms with E-state index in [0.717, 1.165) is 6.08 Å². The highest BCUT2D eigenvalue weighted by atomic mass is 16.6. The van der Waals surface area contributed by atoms with Gasteiger partial charge in [-0.25, -0.2) is 4.79 Å². The molecule has 0 saturated heterocycles. The molecule has 0 spiro atoms. The van der Waals surface area contributed by atoms with E-state index in [0.29, 0.717) is 12.0 Å². The van der Waals surface area contributed by atoms with E-state index >= 15 is 0 Å². The molecule has 6 atom stereocenters. The van der Waals surface area contributed by atoms with E-state index in [-0.39, 0.29) is 41.4 Å². The third-order valence-electron chi connectivity index (χ3n) is 6.96. The number of allylic oxidation sites excluding steroid dienone is 4. The number of primary amides is 1. The van der Waals surface area contributed by atoms with E-state index in [9.17, 15) is 29.4 Å². The number of carbonyl (C=O) groups excluding carboxylic acids is 4. The Morgan fingerprint density at radius 1 is 1.24 bits per heavy atom. The monoisotopic (exact) mass is 571 g/mol. The molecule has 1 aliphatic carbocycles. The molecule has 2 aliphatic rings. The van der Waals surface area contributed by atoms with Gasteiger partial charge in [0.1, 0.15) is 6.10 Å². The number of carbonyl (C=O) groups is 4. The number of aliphatic hydroxyl groups excluding tert-OH is 2. The molecule has 2 bridgehead atoms. The number of rotatable bonds is 5. The minimum atomic E-state index is -1.33. The maximum Gasteiger partial charge on any atom is 0.405 e. The van der Waals surface area contributed by atoms with Crippen molar-refractivity contribution in [2.75, 3.05) is 13.7 Å². The fraction of sp³-hybridized carbons (Fsp3) is 0.467. The second-order valence-electron chi connectivity index (χ2n) is 10.4. The van der Waals surface area contributed by atoms with E-state index in [2.05, 4.69) is 17.2 Å². The van der Waals surface area contributed by atoms with Crippen molar-refractivity contribution in [3.8, 4) is 0 Å². The lowest BCUT2D eigenvalue weighted by Crippen LogP contribution is -2.37. The Bertz CT molecular complexity index is 1200. The molecule has 0 aromatic carbocycles. The second kappa shape index (κ2) is 15.3. The summed E-state index contributed by atoms with van der Waals surface area (Å²) >= 11 is 0. The van der Waals surface area contributed by atoms with E-state index in [1.54, 1.807) is 26.0 Å². The molecule has 11 nitrogen and oxygen atoms in total. The van der Waals surface area contributed by atoms with Gasteiger partial charge < -0.3 is 36.1 Å². The molecule has 41 heavy (non-hydrogen) atoms. The number of nitrogens with two attached hydrogens (primary N) is 1. The highest BCUT2D eigenvalue weighted by Crippen LogP contribution is 2.28. The molecule has 0 unspecified atom stereocenters. The van der Waals surface area contributed by atoms with Crippen molar-refractivity contribution < 1.29 is 38.9 Å². The summed E-state index contributed by atoms with van der Waals surface area (Å²) in [7, 11) is 1.46. The molecular weight excluding hydrogens is 530 g/mol. The first-order valence-electron chi connectivity index (χ1n) is 13.4. The van der Waals surface area contributed by atoms with Crippen LogP contribution in [0, 0.1) is 11.8 Å². The summed E-state index contributed by atoms with van der Waals surface area (Å²) < 4.78 is 10.7. The number of methoxy groups -OCH3 is 1. The summed E-state index contributed by atoms with van der Waals surface area (Å²) in [5.74, 6) is -2.31. The lowest BCUT2D eigenvalue weighted by atomic mass is 9.85. The van der Waals surface area contributed by atoms with E-state index in [4.69, 9.17) is 15.2 Å². The van der Waals surface area contributed by atoms with Crippen LogP contribution in [-0.4, -0.2) is 71.9 Å². The minimum absolute atomic E-state index is 0.136. The molecule has 1 aliphatic heterocycles. The van der Waals surface area contributed by atoms with Gasteiger partial charge in [0, 0.05) is 36.8 Å². The lowest BCUT2D eigenvalue weighted by Gasteiger charge is -2.29. The Morgan fingerprint density at radius 3 is 2.54 bits per heavy atom. The molecule has 2 amide bonds. The fourth-order valence-electron chi connectivity index (χ4n) is 4.77. The number of hydrogen-bond donors (Lipinski definition) is 5. The highest BCUT2D eigenvalue weighted by Gasteiger charge is 2.33. The first kappa shape index (κ1) is 33.4. The van der Waals surface area contributed by atoms with Crippen molar-refractivity contribution >= 4 is 23.6 Å². The largest absolute Gasteiger partial charge is 0.439 e. The average molecular weight is 572 g/mol. The third kappa shape index (κ3) is 9.10. The molecule has 6 N–H and O–H groups in total. The molecule has 0 saturated carbocycles. The molecule has 1 heterocycles. The maximum absolute atomic E-state index is 13.5. The molecule has 11 heteroatoms. The van der Waals surface area contributed by atoms with Crippen LogP contribution in [0.4, 0.5) is 4.79 Å².